The smallest absolute Gasteiger partial charge is 0.396 e. The number of aryl methyl sites for hydroxylation is 1. The van der Waals surface area contributed by atoms with E-state index in [1.165, 1.54) is 0 Å². The molecule has 0 amide bonds. The minimum absolute atomic E-state index is 0.462. The summed E-state index contributed by atoms with van der Waals surface area (Å²) in [5, 5.41) is 0.462. The van der Waals surface area contributed by atoms with Gasteiger partial charge in [0.05, 0.1) is 0 Å². The average molecular weight is 202 g/mol. The van der Waals surface area contributed by atoms with Crippen LogP contribution < -0.4 is 5.82 Å². The zero-order valence-corrected chi connectivity index (χ0v) is 8.94. The molecule has 1 rings (SSSR count). The van der Waals surface area contributed by atoms with Crippen molar-refractivity contribution >= 4 is 11.8 Å². The monoisotopic (exact) mass is 202 g/mol. The van der Waals surface area contributed by atoms with Gasteiger partial charge in [0.1, 0.15) is 5.76 Å². The Balaban J connectivity index is 2.63. The summed E-state index contributed by atoms with van der Waals surface area (Å²) in [5.74, 6) is 1.76. The highest BCUT2D eigenvalue weighted by Gasteiger charge is 2.12. The second-order valence-corrected chi connectivity index (χ2v) is 4.62. The van der Waals surface area contributed by atoms with Gasteiger partial charge in [-0.2, -0.15) is 11.8 Å². The first kappa shape index (κ1) is 10.4. The lowest BCUT2D eigenvalue weighted by Gasteiger charge is -2.06. The third-order valence-corrected chi connectivity index (χ3v) is 2.83. The van der Waals surface area contributed by atoms with Gasteiger partial charge < -0.3 is 8.83 Å². The molecule has 0 N–H and O–H groups in total. The molecular weight excluding hydrogens is 188 g/mol. The van der Waals surface area contributed by atoms with Crippen molar-refractivity contribution in [3.05, 3.63) is 22.1 Å². The molecule has 0 aliphatic carbocycles. The average Bonchev–Trinajstić information content (AvgIpc) is 2.30. The predicted molar refractivity (Wildman–Crippen MR) is 53.3 cm³/mol. The molecule has 1 aromatic heterocycles. The number of thioether (sulfide) groups is 1. The molecule has 74 valence electrons. The summed E-state index contributed by atoms with van der Waals surface area (Å²) in [5.41, 5.74) is 0. The topological polar surface area (TPSA) is 43.4 Å². The van der Waals surface area contributed by atoms with E-state index < -0.39 is 5.82 Å². The molecule has 0 bridgehead atoms. The minimum Gasteiger partial charge on any atom is -0.396 e. The molecule has 0 fully saturated rings. The largest absolute Gasteiger partial charge is 0.519 e. The molecule has 0 aliphatic heterocycles. The maximum absolute atomic E-state index is 10.7. The van der Waals surface area contributed by atoms with E-state index >= 15 is 0 Å². The Labute approximate surface area is 81.5 Å². The summed E-state index contributed by atoms with van der Waals surface area (Å²) in [6.07, 6.45) is 0.760. The van der Waals surface area contributed by atoms with Crippen molar-refractivity contribution in [1.29, 1.82) is 0 Å². The third kappa shape index (κ3) is 2.95. The summed E-state index contributed by atoms with van der Waals surface area (Å²) in [7, 11) is 0. The summed E-state index contributed by atoms with van der Waals surface area (Å²) < 4.78 is 9.66. The zero-order chi connectivity index (χ0) is 9.84. The quantitative estimate of drug-likeness (QED) is 0.751. The molecule has 0 saturated heterocycles. The second-order valence-electron chi connectivity index (χ2n) is 2.90. The van der Waals surface area contributed by atoms with Crippen molar-refractivity contribution in [3.63, 3.8) is 0 Å². The highest BCUT2D eigenvalue weighted by molar-refractivity contribution is 7.99. The van der Waals surface area contributed by atoms with Gasteiger partial charge in [0.15, 0.2) is 5.76 Å². The van der Waals surface area contributed by atoms with Crippen LogP contribution in [-0.2, 0) is 6.42 Å². The Morgan fingerprint density at radius 3 is 2.62 bits per heavy atom. The number of hydrogen-bond donors (Lipinski definition) is 0. The van der Waals surface area contributed by atoms with Crippen LogP contribution in [0.25, 0.3) is 0 Å². The lowest BCUT2D eigenvalue weighted by molar-refractivity contribution is 0.369. The molecule has 3 nitrogen and oxygen atoms in total. The lowest BCUT2D eigenvalue weighted by Crippen LogP contribution is -2.02. The van der Waals surface area contributed by atoms with Gasteiger partial charge in [-0.3, -0.25) is 0 Å². The van der Waals surface area contributed by atoms with Crippen LogP contribution in [0.3, 0.4) is 0 Å². The molecule has 0 aromatic carbocycles. The molecule has 0 saturated carbocycles. The Hall–Kier alpha value is -0.640. The van der Waals surface area contributed by atoms with Crippen LogP contribution in [0.15, 0.2) is 13.6 Å². The first-order valence-electron chi connectivity index (χ1n) is 4.34. The molecule has 0 spiro atoms. The van der Waals surface area contributed by atoms with E-state index in [2.05, 4.69) is 13.8 Å². The van der Waals surface area contributed by atoms with Crippen LogP contribution in [-0.4, -0.2) is 11.0 Å². The van der Waals surface area contributed by atoms with E-state index in [0.717, 1.165) is 12.2 Å². The summed E-state index contributed by atoms with van der Waals surface area (Å²) in [6, 6.07) is 0. The van der Waals surface area contributed by atoms with E-state index in [9.17, 15) is 4.79 Å². The Kier molecular flexibility index (Phi) is 3.66. The Bertz CT molecular complexity index is 313. The third-order valence-electron chi connectivity index (χ3n) is 1.76. The van der Waals surface area contributed by atoms with Crippen molar-refractivity contribution in [2.24, 2.45) is 0 Å². The summed E-state index contributed by atoms with van der Waals surface area (Å²) >= 11 is 1.84. The van der Waals surface area contributed by atoms with Crippen molar-refractivity contribution in [2.45, 2.75) is 32.4 Å². The Morgan fingerprint density at radius 1 is 1.46 bits per heavy atom. The molecule has 1 heterocycles. The fourth-order valence-electron chi connectivity index (χ4n) is 1.17. The summed E-state index contributed by atoms with van der Waals surface area (Å²) in [4.78, 5) is 10.7. The summed E-state index contributed by atoms with van der Waals surface area (Å²) in [6.45, 7) is 5.98. The first-order chi connectivity index (χ1) is 6.13. The van der Waals surface area contributed by atoms with Crippen LogP contribution in [0.4, 0.5) is 0 Å². The fraction of sp³-hybridized carbons (Fsp3) is 0.667. The number of rotatable bonds is 4. The second kappa shape index (κ2) is 4.56. The highest BCUT2D eigenvalue weighted by atomic mass is 32.2. The molecule has 0 radical (unpaired) electrons. The number of hydrogen-bond acceptors (Lipinski definition) is 4. The maximum Gasteiger partial charge on any atom is 0.519 e. The van der Waals surface area contributed by atoms with E-state index in [4.69, 9.17) is 8.83 Å². The van der Waals surface area contributed by atoms with Crippen molar-refractivity contribution in [3.8, 4) is 0 Å². The SMILES string of the molecule is CCSC(C)Cc1oc(=O)oc1C. The molecule has 4 heteroatoms. The molecule has 1 aromatic rings. The van der Waals surface area contributed by atoms with E-state index in [1.54, 1.807) is 6.92 Å². The van der Waals surface area contributed by atoms with Crippen molar-refractivity contribution < 1.29 is 8.83 Å². The Morgan fingerprint density at radius 2 is 2.15 bits per heavy atom. The molecule has 13 heavy (non-hydrogen) atoms. The molecule has 0 aliphatic rings. The first-order valence-corrected chi connectivity index (χ1v) is 5.39. The van der Waals surface area contributed by atoms with Gasteiger partial charge in [-0.25, -0.2) is 4.79 Å². The minimum atomic E-state index is -0.596. The van der Waals surface area contributed by atoms with Gasteiger partial charge in [0.2, 0.25) is 0 Å². The van der Waals surface area contributed by atoms with Crippen LogP contribution in [0, 0.1) is 6.92 Å². The van der Waals surface area contributed by atoms with E-state index in [0.29, 0.717) is 16.8 Å². The lowest BCUT2D eigenvalue weighted by atomic mass is 10.2. The van der Waals surface area contributed by atoms with E-state index in [-0.39, 0.29) is 0 Å². The van der Waals surface area contributed by atoms with Crippen molar-refractivity contribution in [1.82, 2.24) is 0 Å². The van der Waals surface area contributed by atoms with Gasteiger partial charge in [-0.1, -0.05) is 13.8 Å². The normalized spacial score (nSPS) is 13.2. The van der Waals surface area contributed by atoms with Crippen LogP contribution in [0.5, 0.6) is 0 Å². The van der Waals surface area contributed by atoms with Gasteiger partial charge in [-0.15, -0.1) is 0 Å². The van der Waals surface area contributed by atoms with Gasteiger partial charge >= 0.3 is 5.82 Å². The molecular formula is C9H14O3S. The van der Waals surface area contributed by atoms with Gasteiger partial charge in [0.25, 0.3) is 0 Å². The predicted octanol–water partition coefficient (Wildman–Crippen LogP) is 2.23. The van der Waals surface area contributed by atoms with E-state index in [1.807, 2.05) is 11.8 Å². The van der Waals surface area contributed by atoms with Crippen molar-refractivity contribution in [2.75, 3.05) is 5.75 Å². The zero-order valence-electron chi connectivity index (χ0n) is 8.12. The molecule has 1 atom stereocenters. The highest BCUT2D eigenvalue weighted by Crippen LogP contribution is 2.17. The van der Waals surface area contributed by atoms with Crippen LogP contribution in [0.1, 0.15) is 25.4 Å². The van der Waals surface area contributed by atoms with Gasteiger partial charge in [-0.05, 0) is 12.7 Å². The maximum atomic E-state index is 10.7. The fourth-order valence-corrected chi connectivity index (χ4v) is 2.00. The molecule has 1 unspecified atom stereocenters. The standard InChI is InChI=1S/C9H14O3S/c1-4-13-6(2)5-8-7(3)11-9(10)12-8/h6H,4-5H2,1-3H3. The van der Waals surface area contributed by atoms with Gasteiger partial charge in [0, 0.05) is 11.7 Å². The van der Waals surface area contributed by atoms with Crippen LogP contribution >= 0.6 is 11.8 Å². The van der Waals surface area contributed by atoms with Crippen LogP contribution in [0.2, 0.25) is 0 Å².